The highest BCUT2D eigenvalue weighted by atomic mass is 32.2. The van der Waals surface area contributed by atoms with Gasteiger partial charge in [0.25, 0.3) is 0 Å². The molecular formula is C6H10O3S. The summed E-state index contributed by atoms with van der Waals surface area (Å²) in [4.78, 5) is 0. The Hall–Kier alpha value is 0.0700. The lowest BCUT2D eigenvalue weighted by molar-refractivity contribution is -0.0198. The Kier molecular flexibility index (Phi) is 1.55. The van der Waals surface area contributed by atoms with Crippen molar-refractivity contribution in [3.05, 3.63) is 0 Å². The zero-order valence-electron chi connectivity index (χ0n) is 5.67. The second-order valence-corrected chi connectivity index (χ2v) is 3.96. The summed E-state index contributed by atoms with van der Waals surface area (Å²) in [5.41, 5.74) is 0.244. The highest BCUT2D eigenvalue weighted by Crippen LogP contribution is 2.43. The molecule has 2 aliphatic rings. The molecule has 1 aliphatic heterocycles. The molecule has 10 heavy (non-hydrogen) atoms. The summed E-state index contributed by atoms with van der Waals surface area (Å²) in [6, 6.07) is 0. The molecule has 1 aliphatic carbocycles. The van der Waals surface area contributed by atoms with Crippen LogP contribution in [0.5, 0.6) is 0 Å². The van der Waals surface area contributed by atoms with Crippen LogP contribution < -0.4 is 0 Å². The fraction of sp³-hybridized carbons (Fsp3) is 1.00. The summed E-state index contributed by atoms with van der Waals surface area (Å²) >= 11 is -1.45. The molecule has 1 spiro atoms. The van der Waals surface area contributed by atoms with E-state index in [4.69, 9.17) is 8.37 Å². The quantitative estimate of drug-likeness (QED) is 0.528. The van der Waals surface area contributed by atoms with Crippen molar-refractivity contribution in [3.8, 4) is 0 Å². The first kappa shape index (κ1) is 6.76. The second kappa shape index (κ2) is 2.29. The van der Waals surface area contributed by atoms with Crippen molar-refractivity contribution in [2.45, 2.75) is 19.3 Å². The van der Waals surface area contributed by atoms with Gasteiger partial charge in [-0.1, -0.05) is 6.42 Å². The van der Waals surface area contributed by atoms with Gasteiger partial charge in [0, 0.05) is 5.41 Å². The van der Waals surface area contributed by atoms with E-state index in [0.29, 0.717) is 13.2 Å². The van der Waals surface area contributed by atoms with Crippen molar-refractivity contribution in [3.63, 3.8) is 0 Å². The summed E-state index contributed by atoms with van der Waals surface area (Å²) in [7, 11) is 0. The minimum Gasteiger partial charge on any atom is -0.268 e. The molecule has 0 aromatic carbocycles. The van der Waals surface area contributed by atoms with E-state index in [2.05, 4.69) is 0 Å². The summed E-state index contributed by atoms with van der Waals surface area (Å²) in [5, 5.41) is 0. The Labute approximate surface area is 62.6 Å². The molecule has 1 heterocycles. The third-order valence-electron chi connectivity index (χ3n) is 2.34. The zero-order valence-corrected chi connectivity index (χ0v) is 6.49. The van der Waals surface area contributed by atoms with Gasteiger partial charge < -0.3 is 0 Å². The van der Waals surface area contributed by atoms with Crippen molar-refractivity contribution in [2.75, 3.05) is 13.2 Å². The van der Waals surface area contributed by atoms with E-state index < -0.39 is 11.4 Å². The van der Waals surface area contributed by atoms with Gasteiger partial charge in [-0.15, -0.1) is 0 Å². The first-order valence-electron chi connectivity index (χ1n) is 3.49. The van der Waals surface area contributed by atoms with Gasteiger partial charge in [0.1, 0.15) is 0 Å². The molecule has 0 N–H and O–H groups in total. The topological polar surface area (TPSA) is 35.5 Å². The van der Waals surface area contributed by atoms with Gasteiger partial charge in [-0.05, 0) is 12.8 Å². The Morgan fingerprint density at radius 2 is 1.80 bits per heavy atom. The molecular weight excluding hydrogens is 152 g/mol. The van der Waals surface area contributed by atoms with Gasteiger partial charge in [0.15, 0.2) is 0 Å². The number of hydrogen-bond acceptors (Lipinski definition) is 3. The molecule has 0 atom stereocenters. The Morgan fingerprint density at radius 1 is 1.20 bits per heavy atom. The fourth-order valence-electron chi connectivity index (χ4n) is 1.39. The van der Waals surface area contributed by atoms with Crippen molar-refractivity contribution < 1.29 is 12.6 Å². The van der Waals surface area contributed by atoms with Crippen molar-refractivity contribution in [1.29, 1.82) is 0 Å². The van der Waals surface area contributed by atoms with E-state index in [1.54, 1.807) is 0 Å². The number of hydrogen-bond donors (Lipinski definition) is 0. The first-order chi connectivity index (χ1) is 4.81. The third-order valence-corrected chi connectivity index (χ3v) is 2.96. The van der Waals surface area contributed by atoms with Crippen molar-refractivity contribution in [2.24, 2.45) is 5.41 Å². The summed E-state index contributed by atoms with van der Waals surface area (Å²) < 4.78 is 20.3. The van der Waals surface area contributed by atoms with Crippen LogP contribution in [0, 0.1) is 5.41 Å². The van der Waals surface area contributed by atoms with Gasteiger partial charge in [0.05, 0.1) is 13.2 Å². The largest absolute Gasteiger partial charge is 0.304 e. The van der Waals surface area contributed by atoms with E-state index in [9.17, 15) is 4.21 Å². The summed E-state index contributed by atoms with van der Waals surface area (Å²) in [6.07, 6.45) is 3.60. The molecule has 2 rings (SSSR count). The van der Waals surface area contributed by atoms with Gasteiger partial charge in [-0.2, -0.15) is 4.21 Å². The van der Waals surface area contributed by atoms with Crippen LogP contribution in [-0.4, -0.2) is 17.4 Å². The van der Waals surface area contributed by atoms with Crippen LogP contribution in [0.1, 0.15) is 19.3 Å². The Morgan fingerprint density at radius 3 is 2.20 bits per heavy atom. The molecule has 1 saturated carbocycles. The van der Waals surface area contributed by atoms with E-state index in [1.807, 2.05) is 0 Å². The van der Waals surface area contributed by atoms with Crippen LogP contribution in [0.3, 0.4) is 0 Å². The maximum Gasteiger partial charge on any atom is 0.304 e. The average molecular weight is 162 g/mol. The highest BCUT2D eigenvalue weighted by molar-refractivity contribution is 7.75. The molecule has 2 fully saturated rings. The summed E-state index contributed by atoms with van der Waals surface area (Å²) in [5.74, 6) is 0. The molecule has 0 aromatic heterocycles. The Balaban J connectivity index is 1.96. The molecule has 0 amide bonds. The normalized spacial score (nSPS) is 32.0. The third kappa shape index (κ3) is 1.00. The zero-order chi connectivity index (χ0) is 7.03. The Bertz CT molecular complexity index is 152. The monoisotopic (exact) mass is 162 g/mol. The fourth-order valence-corrected chi connectivity index (χ4v) is 2.15. The van der Waals surface area contributed by atoms with Crippen LogP contribution >= 0.6 is 0 Å². The minimum atomic E-state index is -1.45. The second-order valence-electron chi connectivity index (χ2n) is 3.08. The van der Waals surface area contributed by atoms with Crippen LogP contribution in [-0.2, 0) is 19.7 Å². The SMILES string of the molecule is O=S1OCC2(CCC2)CO1. The molecule has 4 heteroatoms. The van der Waals surface area contributed by atoms with E-state index in [1.165, 1.54) is 19.3 Å². The predicted molar refractivity (Wildman–Crippen MR) is 36.3 cm³/mol. The van der Waals surface area contributed by atoms with E-state index >= 15 is 0 Å². The van der Waals surface area contributed by atoms with E-state index in [0.717, 1.165) is 0 Å². The molecule has 0 bridgehead atoms. The lowest BCUT2D eigenvalue weighted by Crippen LogP contribution is -2.42. The van der Waals surface area contributed by atoms with Gasteiger partial charge in [0.2, 0.25) is 0 Å². The molecule has 0 unspecified atom stereocenters. The highest BCUT2D eigenvalue weighted by Gasteiger charge is 2.41. The van der Waals surface area contributed by atoms with Crippen LogP contribution in [0.25, 0.3) is 0 Å². The van der Waals surface area contributed by atoms with Crippen LogP contribution in [0.15, 0.2) is 0 Å². The average Bonchev–Trinajstić information content (AvgIpc) is 1.86. The van der Waals surface area contributed by atoms with Crippen LogP contribution in [0.2, 0.25) is 0 Å². The smallest absolute Gasteiger partial charge is 0.268 e. The maximum absolute atomic E-state index is 10.6. The standard InChI is InChI=1S/C6H10O3S/c7-10-8-4-6(5-9-10)2-1-3-6/h1-5H2. The van der Waals surface area contributed by atoms with Crippen LogP contribution in [0.4, 0.5) is 0 Å². The first-order valence-corrected chi connectivity index (χ1v) is 4.49. The lowest BCUT2D eigenvalue weighted by atomic mass is 9.70. The minimum absolute atomic E-state index is 0.244. The maximum atomic E-state index is 10.6. The molecule has 58 valence electrons. The molecule has 0 aromatic rings. The molecule has 0 radical (unpaired) electrons. The van der Waals surface area contributed by atoms with Gasteiger partial charge in [-0.25, -0.2) is 0 Å². The summed E-state index contributed by atoms with van der Waals surface area (Å²) in [6.45, 7) is 1.25. The van der Waals surface area contributed by atoms with E-state index in [-0.39, 0.29) is 5.41 Å². The lowest BCUT2D eigenvalue weighted by Gasteiger charge is -2.42. The van der Waals surface area contributed by atoms with Crippen molar-refractivity contribution >= 4 is 11.4 Å². The molecule has 3 nitrogen and oxygen atoms in total. The van der Waals surface area contributed by atoms with Gasteiger partial charge >= 0.3 is 11.4 Å². The molecule has 1 saturated heterocycles. The predicted octanol–water partition coefficient (Wildman–Crippen LogP) is 0.782. The number of rotatable bonds is 0. The van der Waals surface area contributed by atoms with Crippen molar-refractivity contribution in [1.82, 2.24) is 0 Å². The van der Waals surface area contributed by atoms with Gasteiger partial charge in [-0.3, -0.25) is 8.37 Å².